The molecule has 2 aromatic heterocycles. The first-order valence-corrected chi connectivity index (χ1v) is 16.8. The maximum absolute atomic E-state index is 14.4. The van der Waals surface area contributed by atoms with Crippen molar-refractivity contribution in [3.05, 3.63) is 59.9 Å². The lowest BCUT2D eigenvalue weighted by molar-refractivity contribution is -0.138. The number of aliphatic carboxylic acids is 1. The smallest absolute Gasteiger partial charge is 0.303 e. The van der Waals surface area contributed by atoms with Crippen LogP contribution < -0.4 is 9.64 Å². The largest absolute Gasteiger partial charge is 0.496 e. The number of carboxylic acid groups (broad SMARTS) is 1. The van der Waals surface area contributed by atoms with Crippen molar-refractivity contribution in [3.8, 4) is 17.0 Å². The van der Waals surface area contributed by atoms with E-state index in [9.17, 15) is 14.7 Å². The molecule has 8 heteroatoms. The Bertz CT molecular complexity index is 1510. The predicted molar refractivity (Wildman–Crippen MR) is 175 cm³/mol. The second-order valence-corrected chi connectivity index (χ2v) is 14.4. The van der Waals surface area contributed by atoms with E-state index in [1.807, 2.05) is 34.0 Å². The number of hydrogen-bond acceptors (Lipinski definition) is 5. The highest BCUT2D eigenvalue weighted by Gasteiger charge is 2.51. The quantitative estimate of drug-likeness (QED) is 0.251. The fraction of sp³-hybridized carbons (Fsp3) is 0.568. The number of carbonyl (C=O) groups is 2. The van der Waals surface area contributed by atoms with Crippen molar-refractivity contribution < 1.29 is 19.4 Å². The van der Waals surface area contributed by atoms with Crippen molar-refractivity contribution in [2.24, 2.45) is 17.3 Å². The molecule has 4 saturated carbocycles. The number of fused-ring (bicyclic) bond motifs is 3. The Labute approximate surface area is 267 Å². The van der Waals surface area contributed by atoms with Gasteiger partial charge in [0.25, 0.3) is 0 Å². The van der Waals surface area contributed by atoms with Gasteiger partial charge < -0.3 is 9.84 Å². The summed E-state index contributed by atoms with van der Waals surface area (Å²) in [7, 11) is 1.73. The first-order valence-electron chi connectivity index (χ1n) is 16.8. The van der Waals surface area contributed by atoms with Gasteiger partial charge in [-0.05, 0) is 137 Å². The number of aromatic nitrogens is 3. The van der Waals surface area contributed by atoms with E-state index >= 15 is 0 Å². The summed E-state index contributed by atoms with van der Waals surface area (Å²) in [6.07, 6.45) is 13.7. The zero-order chi connectivity index (χ0) is 31.8. The molecule has 2 bridgehead atoms. The van der Waals surface area contributed by atoms with Crippen LogP contribution in [0.4, 0.5) is 5.82 Å². The van der Waals surface area contributed by atoms with Crippen LogP contribution in [0.15, 0.2) is 48.8 Å². The van der Waals surface area contributed by atoms with Gasteiger partial charge in [0.05, 0.1) is 12.8 Å². The lowest BCUT2D eigenvalue weighted by Gasteiger charge is -2.55. The van der Waals surface area contributed by atoms with Gasteiger partial charge in [-0.1, -0.05) is 12.1 Å². The zero-order valence-corrected chi connectivity index (χ0v) is 27.3. The monoisotopic (exact) mass is 612 g/mol. The number of nitrogens with zero attached hydrogens (tertiary/aromatic N) is 4. The summed E-state index contributed by atoms with van der Waals surface area (Å²) in [4.78, 5) is 32.5. The molecule has 0 saturated heterocycles. The SMILES string of the molecule is COc1ccc(C23CCC(CN(C(=O)C4CCC(CC(=O)O)CC4)c4cc(-c5ccn(C(C)C)n5)ccn4)(CC2)CC3)cc1C. The van der Waals surface area contributed by atoms with Crippen molar-refractivity contribution in [1.29, 1.82) is 0 Å². The van der Waals surface area contributed by atoms with Crippen molar-refractivity contribution in [3.63, 3.8) is 0 Å². The molecule has 2 heterocycles. The lowest BCUT2D eigenvalue weighted by Crippen LogP contribution is -2.52. The molecule has 4 fully saturated rings. The lowest BCUT2D eigenvalue weighted by atomic mass is 9.51. The number of aryl methyl sites for hydroxylation is 1. The zero-order valence-electron chi connectivity index (χ0n) is 27.3. The Morgan fingerprint density at radius 1 is 1.02 bits per heavy atom. The van der Waals surface area contributed by atoms with Gasteiger partial charge in [0.15, 0.2) is 0 Å². The molecule has 0 unspecified atom stereocenters. The number of carbonyl (C=O) groups excluding carboxylic acids is 1. The number of carboxylic acids is 1. The average Bonchev–Trinajstić information content (AvgIpc) is 3.56. The summed E-state index contributed by atoms with van der Waals surface area (Å²) in [6.45, 7) is 7.02. The minimum Gasteiger partial charge on any atom is -0.496 e. The van der Waals surface area contributed by atoms with Crippen molar-refractivity contribution in [2.45, 2.75) is 103 Å². The summed E-state index contributed by atoms with van der Waals surface area (Å²) in [5.74, 6) is 1.08. The second kappa shape index (κ2) is 12.6. The van der Waals surface area contributed by atoms with Gasteiger partial charge in [-0.2, -0.15) is 5.10 Å². The third-order valence-corrected chi connectivity index (χ3v) is 11.3. The third kappa shape index (κ3) is 6.38. The van der Waals surface area contributed by atoms with Crippen molar-refractivity contribution in [1.82, 2.24) is 14.8 Å². The average molecular weight is 613 g/mol. The van der Waals surface area contributed by atoms with Gasteiger partial charge in [-0.25, -0.2) is 4.98 Å². The Morgan fingerprint density at radius 2 is 1.73 bits per heavy atom. The molecule has 240 valence electrons. The van der Waals surface area contributed by atoms with Crippen LogP contribution in [-0.4, -0.2) is 45.4 Å². The minimum atomic E-state index is -0.748. The number of benzene rings is 1. The summed E-state index contributed by atoms with van der Waals surface area (Å²) in [5.41, 5.74) is 4.71. The summed E-state index contributed by atoms with van der Waals surface area (Å²) in [5, 5.41) is 14.1. The predicted octanol–water partition coefficient (Wildman–Crippen LogP) is 7.75. The second-order valence-electron chi connectivity index (χ2n) is 14.4. The summed E-state index contributed by atoms with van der Waals surface area (Å²) < 4.78 is 7.49. The molecule has 7 rings (SSSR count). The van der Waals surface area contributed by atoms with Gasteiger partial charge in [0.1, 0.15) is 11.6 Å². The number of methoxy groups -OCH3 is 1. The molecule has 1 N–H and O–H groups in total. The molecule has 1 amide bonds. The Balaban J connectivity index is 1.25. The number of hydrogen-bond donors (Lipinski definition) is 1. The molecule has 4 aliphatic carbocycles. The van der Waals surface area contributed by atoms with Gasteiger partial charge >= 0.3 is 5.97 Å². The van der Waals surface area contributed by atoms with E-state index in [0.29, 0.717) is 12.4 Å². The van der Waals surface area contributed by atoms with Crippen LogP contribution in [0.1, 0.15) is 102 Å². The van der Waals surface area contributed by atoms with Crippen LogP contribution in [0.5, 0.6) is 5.75 Å². The van der Waals surface area contributed by atoms with Crippen LogP contribution >= 0.6 is 0 Å². The highest BCUT2D eigenvalue weighted by molar-refractivity contribution is 5.95. The fourth-order valence-corrected chi connectivity index (χ4v) is 8.33. The van der Waals surface area contributed by atoms with Crippen LogP contribution in [-0.2, 0) is 15.0 Å². The number of anilines is 1. The van der Waals surface area contributed by atoms with Crippen molar-refractivity contribution in [2.75, 3.05) is 18.6 Å². The van der Waals surface area contributed by atoms with E-state index in [1.54, 1.807) is 13.3 Å². The van der Waals surface area contributed by atoms with Gasteiger partial charge in [0.2, 0.25) is 5.91 Å². The Kier molecular flexibility index (Phi) is 8.77. The molecule has 0 spiro atoms. The van der Waals surface area contributed by atoms with E-state index in [0.717, 1.165) is 81.2 Å². The number of pyridine rings is 1. The van der Waals surface area contributed by atoms with Crippen LogP contribution in [0, 0.1) is 24.2 Å². The highest BCUT2D eigenvalue weighted by atomic mass is 16.5. The van der Waals surface area contributed by atoms with Gasteiger partial charge in [-0.3, -0.25) is 19.2 Å². The molecular formula is C37H48N4O4. The molecule has 0 aliphatic heterocycles. The summed E-state index contributed by atoms with van der Waals surface area (Å²) >= 11 is 0. The Morgan fingerprint density at radius 3 is 2.33 bits per heavy atom. The maximum atomic E-state index is 14.4. The molecule has 8 nitrogen and oxygen atoms in total. The van der Waals surface area contributed by atoms with Crippen molar-refractivity contribution >= 4 is 17.7 Å². The standard InChI is InChI=1S/C37H48N4O4/c1-25(2)41-20-12-31(39-41)29-11-19-38-33(23-29)40(35(44)28-7-5-27(6-8-28)22-34(42)43)24-36-13-16-37(17-14-36,18-15-36)30-9-10-32(45-4)26(3)21-30/h9-12,19-21,23,25,27-28H,5-8,13-18,22,24H2,1-4H3,(H,42,43). The van der Waals surface area contributed by atoms with E-state index < -0.39 is 5.97 Å². The van der Waals surface area contributed by atoms with Crippen LogP contribution in [0.25, 0.3) is 11.3 Å². The fourth-order valence-electron chi connectivity index (χ4n) is 8.33. The van der Waals surface area contributed by atoms with Crippen LogP contribution in [0.3, 0.4) is 0 Å². The molecule has 4 aliphatic rings. The van der Waals surface area contributed by atoms with E-state index in [-0.39, 0.29) is 41.0 Å². The Hall–Kier alpha value is -3.68. The molecule has 45 heavy (non-hydrogen) atoms. The maximum Gasteiger partial charge on any atom is 0.303 e. The van der Waals surface area contributed by atoms with E-state index in [2.05, 4.69) is 39.0 Å². The first-order chi connectivity index (χ1) is 21.6. The van der Waals surface area contributed by atoms with Crippen LogP contribution in [0.2, 0.25) is 0 Å². The van der Waals surface area contributed by atoms with E-state index in [1.165, 1.54) is 11.1 Å². The number of ether oxygens (including phenoxy) is 1. The third-order valence-electron chi connectivity index (χ3n) is 11.3. The molecular weight excluding hydrogens is 564 g/mol. The molecule has 0 radical (unpaired) electrons. The highest BCUT2D eigenvalue weighted by Crippen LogP contribution is 2.58. The summed E-state index contributed by atoms with van der Waals surface area (Å²) in [6, 6.07) is 13.0. The normalized spacial score (nSPS) is 26.2. The molecule has 3 aromatic rings. The topological polar surface area (TPSA) is 97.6 Å². The molecule has 1 aromatic carbocycles. The molecule has 0 atom stereocenters. The minimum absolute atomic E-state index is 0.0658. The first kappa shape index (κ1) is 31.3. The van der Waals surface area contributed by atoms with Gasteiger partial charge in [-0.15, -0.1) is 0 Å². The van der Waals surface area contributed by atoms with Gasteiger partial charge in [0, 0.05) is 42.9 Å². The number of rotatable bonds is 10. The number of amides is 1. The van der Waals surface area contributed by atoms with E-state index in [4.69, 9.17) is 14.8 Å².